The van der Waals surface area contributed by atoms with Crippen LogP contribution in [0.15, 0.2) is 47.3 Å². The third kappa shape index (κ3) is 3.17. The van der Waals surface area contributed by atoms with E-state index in [1.54, 1.807) is 24.7 Å². The molecule has 1 atom stereocenters. The van der Waals surface area contributed by atoms with Crippen molar-refractivity contribution in [3.63, 3.8) is 0 Å². The third-order valence-electron chi connectivity index (χ3n) is 4.49. The van der Waals surface area contributed by atoms with Gasteiger partial charge in [0.15, 0.2) is 11.6 Å². The number of fused-ring (bicyclic) bond motifs is 1. The van der Waals surface area contributed by atoms with Gasteiger partial charge >= 0.3 is 0 Å². The van der Waals surface area contributed by atoms with Crippen LogP contribution in [0, 0.1) is 0 Å². The van der Waals surface area contributed by atoms with E-state index in [1.165, 1.54) is 0 Å². The minimum Gasteiger partial charge on any atom is -0.484 e. The number of rotatable bonds is 5. The van der Waals surface area contributed by atoms with Gasteiger partial charge in [-0.05, 0) is 31.2 Å². The largest absolute Gasteiger partial charge is 0.484 e. The number of furan rings is 1. The summed E-state index contributed by atoms with van der Waals surface area (Å²) in [5.74, 6) is 2.89. The van der Waals surface area contributed by atoms with Crippen LogP contribution in [0.25, 0.3) is 0 Å². The second-order valence-electron chi connectivity index (χ2n) is 6.12. The Morgan fingerprint density at radius 2 is 2.23 bits per heavy atom. The lowest BCUT2D eigenvalue weighted by Gasteiger charge is -2.33. The molecule has 4 rings (SSSR count). The van der Waals surface area contributed by atoms with Crippen molar-refractivity contribution in [3.05, 3.63) is 60.3 Å². The van der Waals surface area contributed by atoms with Crippen LogP contribution in [0.1, 0.15) is 30.4 Å². The molecule has 26 heavy (non-hydrogen) atoms. The monoisotopic (exact) mass is 353 g/mol. The molecule has 1 amide bonds. The van der Waals surface area contributed by atoms with Crippen LogP contribution >= 0.6 is 0 Å². The van der Waals surface area contributed by atoms with Crippen molar-refractivity contribution in [1.82, 2.24) is 24.6 Å². The molecule has 3 aromatic rings. The van der Waals surface area contributed by atoms with Crippen LogP contribution in [0.3, 0.4) is 0 Å². The van der Waals surface area contributed by atoms with Crippen LogP contribution in [0.4, 0.5) is 0 Å². The van der Waals surface area contributed by atoms with Crippen molar-refractivity contribution in [2.24, 2.45) is 0 Å². The summed E-state index contributed by atoms with van der Waals surface area (Å²) in [6.07, 6.45) is 5.18. The number of carbonyl (C=O) groups is 1. The van der Waals surface area contributed by atoms with Crippen molar-refractivity contribution in [2.75, 3.05) is 6.54 Å². The van der Waals surface area contributed by atoms with Crippen LogP contribution < -0.4 is 4.74 Å². The Hall–Kier alpha value is -3.16. The van der Waals surface area contributed by atoms with Crippen LogP contribution in [-0.4, -0.2) is 37.1 Å². The number of ether oxygens (including phenoxy) is 1. The van der Waals surface area contributed by atoms with Gasteiger partial charge in [0.2, 0.25) is 5.91 Å². The summed E-state index contributed by atoms with van der Waals surface area (Å²) >= 11 is 0. The van der Waals surface area contributed by atoms with Crippen molar-refractivity contribution in [3.8, 4) is 5.75 Å². The third-order valence-corrected chi connectivity index (χ3v) is 4.49. The first kappa shape index (κ1) is 16.3. The molecule has 0 radical (unpaired) electrons. The molecule has 8 heteroatoms. The molecular formula is C18H19N5O3. The molecule has 0 N–H and O–H groups in total. The molecule has 0 aromatic carbocycles. The van der Waals surface area contributed by atoms with Crippen molar-refractivity contribution in [1.29, 1.82) is 0 Å². The van der Waals surface area contributed by atoms with Gasteiger partial charge in [0.1, 0.15) is 18.1 Å². The molecule has 0 aliphatic carbocycles. The molecule has 0 fully saturated rings. The first-order valence-corrected chi connectivity index (χ1v) is 8.49. The molecular weight excluding hydrogens is 334 g/mol. The van der Waals surface area contributed by atoms with Gasteiger partial charge in [0, 0.05) is 19.3 Å². The van der Waals surface area contributed by atoms with Crippen LogP contribution in [0.5, 0.6) is 5.75 Å². The predicted molar refractivity (Wildman–Crippen MR) is 91.1 cm³/mol. The molecule has 8 nitrogen and oxygen atoms in total. The van der Waals surface area contributed by atoms with Crippen molar-refractivity contribution >= 4 is 5.91 Å². The highest BCUT2D eigenvalue weighted by atomic mass is 16.5. The van der Waals surface area contributed by atoms with E-state index in [4.69, 9.17) is 9.15 Å². The number of carbonyl (C=O) groups excluding carboxylic acids is 1. The lowest BCUT2D eigenvalue weighted by molar-refractivity contribution is -0.134. The SMILES string of the molecule is CC1c2nnc(COc3cccnc3)n2CCN1C(=O)Cc1ccco1. The smallest absolute Gasteiger partial charge is 0.230 e. The average molecular weight is 353 g/mol. The summed E-state index contributed by atoms with van der Waals surface area (Å²) < 4.78 is 13.0. The quantitative estimate of drug-likeness (QED) is 0.697. The Balaban J connectivity index is 1.45. The topological polar surface area (TPSA) is 86.3 Å². The van der Waals surface area contributed by atoms with Gasteiger partial charge in [-0.15, -0.1) is 10.2 Å². The van der Waals surface area contributed by atoms with Gasteiger partial charge in [-0.3, -0.25) is 9.78 Å². The van der Waals surface area contributed by atoms with E-state index in [0.29, 0.717) is 31.2 Å². The molecule has 0 saturated carbocycles. The molecule has 1 aliphatic heterocycles. The van der Waals surface area contributed by atoms with Crippen molar-refractivity contribution < 1.29 is 13.9 Å². The zero-order valence-corrected chi connectivity index (χ0v) is 14.4. The number of hydrogen-bond donors (Lipinski definition) is 0. The molecule has 1 unspecified atom stereocenters. The summed E-state index contributed by atoms with van der Waals surface area (Å²) in [7, 11) is 0. The second-order valence-corrected chi connectivity index (χ2v) is 6.12. The Labute approximate surface area is 150 Å². The van der Waals surface area contributed by atoms with E-state index >= 15 is 0 Å². The fraction of sp³-hybridized carbons (Fsp3) is 0.333. The Kier molecular flexibility index (Phi) is 4.39. The highest BCUT2D eigenvalue weighted by Crippen LogP contribution is 2.25. The summed E-state index contributed by atoms with van der Waals surface area (Å²) in [5, 5.41) is 8.52. The predicted octanol–water partition coefficient (Wildman–Crippen LogP) is 1.99. The maximum Gasteiger partial charge on any atom is 0.230 e. The maximum absolute atomic E-state index is 12.6. The molecule has 0 saturated heterocycles. The molecule has 0 spiro atoms. The summed E-state index contributed by atoms with van der Waals surface area (Å²) in [6.45, 7) is 3.52. The number of hydrogen-bond acceptors (Lipinski definition) is 6. The number of nitrogens with zero attached hydrogens (tertiary/aromatic N) is 5. The summed E-state index contributed by atoms with van der Waals surface area (Å²) in [6, 6.07) is 7.11. The molecule has 4 heterocycles. The molecule has 3 aromatic heterocycles. The Morgan fingerprint density at radius 3 is 3.00 bits per heavy atom. The standard InChI is InChI=1S/C18H19N5O3/c1-13-18-21-20-16(12-26-15-4-2-6-19-11-15)23(18)8-7-22(13)17(24)10-14-5-3-9-25-14/h2-6,9,11,13H,7-8,10,12H2,1H3. The first-order valence-electron chi connectivity index (χ1n) is 8.49. The molecule has 0 bridgehead atoms. The zero-order chi connectivity index (χ0) is 17.9. The Bertz CT molecular complexity index is 876. The van der Waals surface area contributed by atoms with E-state index in [-0.39, 0.29) is 18.4 Å². The van der Waals surface area contributed by atoms with E-state index < -0.39 is 0 Å². The molecule has 1 aliphatic rings. The van der Waals surface area contributed by atoms with Gasteiger partial charge in [-0.25, -0.2) is 0 Å². The van der Waals surface area contributed by atoms with Gasteiger partial charge in [0.05, 0.1) is 24.9 Å². The fourth-order valence-electron chi connectivity index (χ4n) is 3.13. The van der Waals surface area contributed by atoms with E-state index in [1.807, 2.05) is 34.6 Å². The van der Waals surface area contributed by atoms with Gasteiger partial charge in [-0.1, -0.05) is 0 Å². The maximum atomic E-state index is 12.6. The summed E-state index contributed by atoms with van der Waals surface area (Å²) in [5.41, 5.74) is 0. The van der Waals surface area contributed by atoms with Crippen LogP contribution in [0.2, 0.25) is 0 Å². The van der Waals surface area contributed by atoms with E-state index in [9.17, 15) is 4.79 Å². The van der Waals surface area contributed by atoms with E-state index in [0.717, 1.165) is 11.6 Å². The van der Waals surface area contributed by atoms with Gasteiger partial charge in [-0.2, -0.15) is 0 Å². The number of aromatic nitrogens is 4. The minimum atomic E-state index is -0.147. The highest BCUT2D eigenvalue weighted by molar-refractivity contribution is 5.78. The highest BCUT2D eigenvalue weighted by Gasteiger charge is 2.31. The van der Waals surface area contributed by atoms with Crippen molar-refractivity contribution in [2.45, 2.75) is 32.5 Å². The number of amides is 1. The van der Waals surface area contributed by atoms with Crippen LogP contribution in [-0.2, 0) is 24.4 Å². The Morgan fingerprint density at radius 1 is 1.31 bits per heavy atom. The van der Waals surface area contributed by atoms with Gasteiger partial charge < -0.3 is 18.6 Å². The van der Waals surface area contributed by atoms with Gasteiger partial charge in [0.25, 0.3) is 0 Å². The minimum absolute atomic E-state index is 0.0230. The zero-order valence-electron chi connectivity index (χ0n) is 14.4. The van der Waals surface area contributed by atoms with E-state index in [2.05, 4.69) is 15.2 Å². The normalized spacial score (nSPS) is 16.3. The fourth-order valence-corrected chi connectivity index (χ4v) is 3.13. The lowest BCUT2D eigenvalue weighted by atomic mass is 10.1. The lowest BCUT2D eigenvalue weighted by Crippen LogP contribution is -2.42. The summed E-state index contributed by atoms with van der Waals surface area (Å²) in [4.78, 5) is 18.4. The first-order chi connectivity index (χ1) is 12.7. The number of pyridine rings is 1. The second kappa shape index (κ2) is 6.99. The molecule has 134 valence electrons. The average Bonchev–Trinajstić information content (AvgIpc) is 3.31.